The molecule has 0 saturated heterocycles. The number of nitrogens with zero attached hydrogens (tertiary/aromatic N) is 2. The van der Waals surface area contributed by atoms with Crippen LogP contribution >= 0.6 is 11.6 Å². The molecule has 0 fully saturated rings. The number of esters is 1. The van der Waals surface area contributed by atoms with Gasteiger partial charge in [-0.05, 0) is 6.07 Å². The van der Waals surface area contributed by atoms with Crippen LogP contribution < -0.4 is 5.73 Å². The first kappa shape index (κ1) is 16.2. The highest BCUT2D eigenvalue weighted by Crippen LogP contribution is 2.35. The van der Waals surface area contributed by atoms with Crippen molar-refractivity contribution in [2.24, 2.45) is 5.73 Å². The van der Waals surface area contributed by atoms with Crippen molar-refractivity contribution < 1.29 is 22.7 Å². The number of ether oxygens (including phenoxy) is 1. The van der Waals surface area contributed by atoms with E-state index in [-0.39, 0.29) is 16.4 Å². The van der Waals surface area contributed by atoms with E-state index in [1.165, 1.54) is 0 Å². The van der Waals surface area contributed by atoms with E-state index in [1.807, 2.05) is 0 Å². The zero-order chi connectivity index (χ0) is 16.3. The molecule has 0 atom stereocenters. The molecule has 0 aliphatic heterocycles. The molecule has 0 amide bonds. The second kappa shape index (κ2) is 6.71. The molecule has 9 heteroatoms. The summed E-state index contributed by atoms with van der Waals surface area (Å²) in [6.45, 7) is -0.390. The van der Waals surface area contributed by atoms with Crippen LogP contribution in [0.25, 0.3) is 11.3 Å². The Labute approximate surface area is 127 Å². The number of carbonyl (C=O) groups is 1. The van der Waals surface area contributed by atoms with Gasteiger partial charge in [-0.2, -0.15) is 0 Å². The maximum absolute atomic E-state index is 14.1. The summed E-state index contributed by atoms with van der Waals surface area (Å²) in [6, 6.07) is 2.00. The first-order valence-electron chi connectivity index (χ1n) is 5.91. The largest absolute Gasteiger partial charge is 0.445 e. The molecule has 2 N–H and O–H groups in total. The van der Waals surface area contributed by atoms with Gasteiger partial charge in [0, 0.05) is 11.1 Å². The zero-order valence-corrected chi connectivity index (χ0v) is 11.6. The fraction of sp³-hybridized carbons (Fsp3) is 0.154. The highest BCUT2D eigenvalue weighted by molar-refractivity contribution is 6.31. The van der Waals surface area contributed by atoms with Crippen LogP contribution in [0.5, 0.6) is 0 Å². The Hall–Kier alpha value is -2.19. The van der Waals surface area contributed by atoms with Crippen LogP contribution in [0.2, 0.25) is 5.02 Å². The number of hydrogen-bond acceptors (Lipinski definition) is 5. The van der Waals surface area contributed by atoms with Crippen molar-refractivity contribution in [3.05, 3.63) is 46.6 Å². The normalized spacial score (nSPS) is 10.8. The molecule has 0 unspecified atom stereocenters. The van der Waals surface area contributed by atoms with Gasteiger partial charge in [-0.25, -0.2) is 22.9 Å². The number of alkyl halides is 2. The van der Waals surface area contributed by atoms with Crippen LogP contribution in [0.1, 0.15) is 22.5 Å². The molecule has 0 radical (unpaired) electrons. The molecule has 0 aliphatic carbocycles. The third-order valence-corrected chi connectivity index (χ3v) is 2.97. The SMILES string of the molecule is NCOC(=O)c1cncc(-c2c(C(F)F)ccc(Cl)c2F)n1. The molecule has 1 aromatic carbocycles. The maximum atomic E-state index is 14.1. The van der Waals surface area contributed by atoms with Crippen molar-refractivity contribution in [3.63, 3.8) is 0 Å². The van der Waals surface area contributed by atoms with Gasteiger partial charge in [-0.3, -0.25) is 10.7 Å². The first-order chi connectivity index (χ1) is 10.5. The summed E-state index contributed by atoms with van der Waals surface area (Å²) in [4.78, 5) is 19.0. The number of benzene rings is 1. The highest BCUT2D eigenvalue weighted by atomic mass is 35.5. The Balaban J connectivity index is 2.59. The average molecular weight is 332 g/mol. The Bertz CT molecular complexity index is 713. The molecule has 116 valence electrons. The van der Waals surface area contributed by atoms with Crippen LogP contribution in [0.4, 0.5) is 13.2 Å². The molecule has 0 saturated carbocycles. The molecule has 2 rings (SSSR count). The molecule has 0 bridgehead atoms. The van der Waals surface area contributed by atoms with Gasteiger partial charge in [0.15, 0.2) is 11.5 Å². The van der Waals surface area contributed by atoms with E-state index in [4.69, 9.17) is 17.3 Å². The molecule has 2 aromatic rings. The molecular formula is C13H9ClF3N3O2. The number of carbonyl (C=O) groups excluding carboxylic acids is 1. The lowest BCUT2D eigenvalue weighted by Crippen LogP contribution is -2.14. The van der Waals surface area contributed by atoms with Crippen LogP contribution in [0, 0.1) is 5.82 Å². The van der Waals surface area contributed by atoms with Gasteiger partial charge >= 0.3 is 5.97 Å². The standard InChI is InChI=1S/C13H9ClF3N3O2/c14-7-2-1-6(12(16)17)10(11(7)15)8-3-19-4-9(20-8)13(21)22-5-18/h1-4,12H,5,18H2. The van der Waals surface area contributed by atoms with Crippen LogP contribution in [-0.4, -0.2) is 22.7 Å². The summed E-state index contributed by atoms with van der Waals surface area (Å²) in [7, 11) is 0. The summed E-state index contributed by atoms with van der Waals surface area (Å²) in [5.41, 5.74) is 3.38. The minimum atomic E-state index is -2.96. The van der Waals surface area contributed by atoms with Crippen molar-refractivity contribution in [1.29, 1.82) is 0 Å². The van der Waals surface area contributed by atoms with Crippen molar-refractivity contribution in [2.45, 2.75) is 6.43 Å². The monoisotopic (exact) mass is 331 g/mol. The lowest BCUT2D eigenvalue weighted by molar-refractivity contribution is 0.0508. The fourth-order valence-corrected chi connectivity index (χ4v) is 1.90. The quantitative estimate of drug-likeness (QED) is 0.688. The van der Waals surface area contributed by atoms with Gasteiger partial charge in [-0.1, -0.05) is 17.7 Å². The van der Waals surface area contributed by atoms with Crippen molar-refractivity contribution in [1.82, 2.24) is 9.97 Å². The Morgan fingerprint density at radius 2 is 2.09 bits per heavy atom. The predicted octanol–water partition coefficient (Wildman–Crippen LogP) is 2.95. The predicted molar refractivity (Wildman–Crippen MR) is 71.9 cm³/mol. The van der Waals surface area contributed by atoms with Crippen molar-refractivity contribution in [2.75, 3.05) is 6.73 Å². The lowest BCUT2D eigenvalue weighted by atomic mass is 10.0. The van der Waals surface area contributed by atoms with Crippen LogP contribution in [-0.2, 0) is 4.74 Å². The number of halogens is 4. The Kier molecular flexibility index (Phi) is 4.94. The van der Waals surface area contributed by atoms with Crippen molar-refractivity contribution in [3.8, 4) is 11.3 Å². The van der Waals surface area contributed by atoms with Gasteiger partial charge in [0.05, 0.1) is 23.1 Å². The molecule has 0 spiro atoms. The van der Waals surface area contributed by atoms with Gasteiger partial charge in [0.1, 0.15) is 6.73 Å². The molecule has 22 heavy (non-hydrogen) atoms. The van der Waals surface area contributed by atoms with Gasteiger partial charge in [-0.15, -0.1) is 0 Å². The minimum Gasteiger partial charge on any atom is -0.445 e. The van der Waals surface area contributed by atoms with E-state index in [0.717, 1.165) is 24.5 Å². The highest BCUT2D eigenvalue weighted by Gasteiger charge is 2.22. The van der Waals surface area contributed by atoms with Gasteiger partial charge in [0.2, 0.25) is 0 Å². The average Bonchev–Trinajstić information content (AvgIpc) is 2.50. The minimum absolute atomic E-state index is 0.262. The van der Waals surface area contributed by atoms with E-state index in [2.05, 4.69) is 14.7 Å². The second-order valence-electron chi connectivity index (χ2n) is 4.01. The smallest absolute Gasteiger partial charge is 0.359 e. The van der Waals surface area contributed by atoms with E-state index < -0.39 is 36.1 Å². The Morgan fingerprint density at radius 3 is 2.73 bits per heavy atom. The number of aromatic nitrogens is 2. The molecule has 0 aliphatic rings. The molecular weight excluding hydrogens is 323 g/mol. The lowest BCUT2D eigenvalue weighted by Gasteiger charge is -2.11. The number of nitrogens with two attached hydrogens (primary N) is 1. The molecule has 1 aromatic heterocycles. The maximum Gasteiger partial charge on any atom is 0.359 e. The van der Waals surface area contributed by atoms with Gasteiger partial charge < -0.3 is 4.74 Å². The number of hydrogen-bond donors (Lipinski definition) is 1. The summed E-state index contributed by atoms with van der Waals surface area (Å²) < 4.78 is 44.7. The zero-order valence-electron chi connectivity index (χ0n) is 10.9. The summed E-state index contributed by atoms with van der Waals surface area (Å²) in [5, 5.41) is -0.351. The van der Waals surface area contributed by atoms with Crippen molar-refractivity contribution >= 4 is 17.6 Å². The third kappa shape index (κ3) is 3.18. The first-order valence-corrected chi connectivity index (χ1v) is 6.29. The Morgan fingerprint density at radius 1 is 1.36 bits per heavy atom. The van der Waals surface area contributed by atoms with Crippen LogP contribution in [0.3, 0.4) is 0 Å². The van der Waals surface area contributed by atoms with Crippen LogP contribution in [0.15, 0.2) is 24.5 Å². The summed E-state index contributed by atoms with van der Waals surface area (Å²) in [6.07, 6.45) is -0.866. The summed E-state index contributed by atoms with van der Waals surface area (Å²) >= 11 is 5.62. The molecule has 5 nitrogen and oxygen atoms in total. The van der Waals surface area contributed by atoms with E-state index in [9.17, 15) is 18.0 Å². The van der Waals surface area contributed by atoms with E-state index in [1.54, 1.807) is 0 Å². The van der Waals surface area contributed by atoms with Gasteiger partial charge in [0.25, 0.3) is 6.43 Å². The third-order valence-electron chi connectivity index (χ3n) is 2.68. The topological polar surface area (TPSA) is 78.1 Å². The summed E-state index contributed by atoms with van der Waals surface area (Å²) in [5.74, 6) is -1.98. The molecule has 1 heterocycles. The van der Waals surface area contributed by atoms with E-state index in [0.29, 0.717) is 0 Å². The fourth-order valence-electron chi connectivity index (χ4n) is 1.74. The van der Waals surface area contributed by atoms with E-state index >= 15 is 0 Å². The second-order valence-corrected chi connectivity index (χ2v) is 4.42. The number of rotatable bonds is 4.